The Morgan fingerprint density at radius 2 is 1.80 bits per heavy atom. The first-order chi connectivity index (χ1) is 9.60. The third-order valence-electron chi connectivity index (χ3n) is 2.72. The minimum atomic E-state index is -0.115. The number of thiophene rings is 1. The molecule has 0 saturated heterocycles. The summed E-state index contributed by atoms with van der Waals surface area (Å²) < 4.78 is 5.98. The second-order valence-corrected chi connectivity index (χ2v) is 5.83. The molecule has 20 heavy (non-hydrogen) atoms. The fourth-order valence-electron chi connectivity index (χ4n) is 1.63. The molecular weight excluding hydrogens is 296 g/mol. The SMILES string of the molecule is CCC(=O)c1ccc(OCC(=O)c2ccc(Cl)s2)cc1. The maximum Gasteiger partial charge on any atom is 0.210 e. The molecule has 3 nitrogen and oxygen atoms in total. The van der Waals surface area contributed by atoms with E-state index >= 15 is 0 Å². The van der Waals surface area contributed by atoms with Crippen LogP contribution in [0.3, 0.4) is 0 Å². The van der Waals surface area contributed by atoms with Crippen LogP contribution >= 0.6 is 22.9 Å². The molecule has 0 radical (unpaired) electrons. The van der Waals surface area contributed by atoms with E-state index in [1.54, 1.807) is 36.4 Å². The quantitative estimate of drug-likeness (QED) is 0.749. The number of benzene rings is 1. The van der Waals surface area contributed by atoms with Crippen LogP contribution in [0.2, 0.25) is 4.34 Å². The normalized spacial score (nSPS) is 10.3. The Kier molecular flexibility index (Phi) is 4.93. The lowest BCUT2D eigenvalue weighted by molar-refractivity contribution is 0.0924. The van der Waals surface area contributed by atoms with Gasteiger partial charge in [-0.15, -0.1) is 11.3 Å². The van der Waals surface area contributed by atoms with Gasteiger partial charge in [-0.05, 0) is 36.4 Å². The Labute approximate surface area is 126 Å². The van der Waals surface area contributed by atoms with Crippen LogP contribution in [0.5, 0.6) is 5.75 Å². The number of ketones is 2. The number of rotatable bonds is 6. The highest BCUT2D eigenvalue weighted by molar-refractivity contribution is 7.18. The van der Waals surface area contributed by atoms with Crippen molar-refractivity contribution in [2.45, 2.75) is 13.3 Å². The van der Waals surface area contributed by atoms with Gasteiger partial charge in [-0.25, -0.2) is 0 Å². The van der Waals surface area contributed by atoms with Crippen LogP contribution in [0.4, 0.5) is 0 Å². The van der Waals surface area contributed by atoms with Crippen molar-refractivity contribution < 1.29 is 14.3 Å². The smallest absolute Gasteiger partial charge is 0.210 e. The highest BCUT2D eigenvalue weighted by atomic mass is 35.5. The lowest BCUT2D eigenvalue weighted by Gasteiger charge is -2.05. The number of hydrogen-bond acceptors (Lipinski definition) is 4. The van der Waals surface area contributed by atoms with E-state index < -0.39 is 0 Å². The first-order valence-corrected chi connectivity index (χ1v) is 7.34. The summed E-state index contributed by atoms with van der Waals surface area (Å²) in [7, 11) is 0. The molecule has 1 aromatic carbocycles. The summed E-state index contributed by atoms with van der Waals surface area (Å²) >= 11 is 7.01. The number of Topliss-reactive ketones (excluding diaryl/α,β-unsaturated/α-hetero) is 2. The number of carbonyl (C=O) groups excluding carboxylic acids is 2. The molecule has 0 bridgehead atoms. The summed E-state index contributed by atoms with van der Waals surface area (Å²) in [5.74, 6) is 0.533. The van der Waals surface area contributed by atoms with Gasteiger partial charge in [0, 0.05) is 12.0 Å². The highest BCUT2D eigenvalue weighted by Crippen LogP contribution is 2.22. The zero-order valence-electron chi connectivity index (χ0n) is 10.9. The number of hydrogen-bond donors (Lipinski definition) is 0. The molecule has 1 aromatic heterocycles. The molecule has 0 aliphatic heterocycles. The molecule has 104 valence electrons. The molecule has 0 amide bonds. The van der Waals surface area contributed by atoms with Gasteiger partial charge in [0.05, 0.1) is 9.21 Å². The summed E-state index contributed by atoms with van der Waals surface area (Å²) in [5.41, 5.74) is 0.649. The van der Waals surface area contributed by atoms with Crippen molar-refractivity contribution in [3.05, 3.63) is 51.2 Å². The lowest BCUT2D eigenvalue weighted by Crippen LogP contribution is -2.10. The minimum Gasteiger partial charge on any atom is -0.485 e. The van der Waals surface area contributed by atoms with Crippen LogP contribution in [0.25, 0.3) is 0 Å². The van der Waals surface area contributed by atoms with Crippen molar-refractivity contribution in [2.24, 2.45) is 0 Å². The Morgan fingerprint density at radius 1 is 1.10 bits per heavy atom. The molecular formula is C15H13ClO3S. The van der Waals surface area contributed by atoms with E-state index in [1.165, 1.54) is 11.3 Å². The van der Waals surface area contributed by atoms with Crippen LogP contribution in [0.15, 0.2) is 36.4 Å². The van der Waals surface area contributed by atoms with Crippen LogP contribution in [-0.4, -0.2) is 18.2 Å². The minimum absolute atomic E-state index is 0.0437. The van der Waals surface area contributed by atoms with Crippen molar-refractivity contribution in [3.63, 3.8) is 0 Å². The van der Waals surface area contributed by atoms with Gasteiger partial charge in [0.25, 0.3) is 0 Å². The molecule has 0 aliphatic carbocycles. The summed E-state index contributed by atoms with van der Waals surface area (Å²) in [4.78, 5) is 23.9. The molecule has 0 aliphatic rings. The number of carbonyl (C=O) groups is 2. The highest BCUT2D eigenvalue weighted by Gasteiger charge is 2.10. The Hall–Kier alpha value is -1.65. The first-order valence-electron chi connectivity index (χ1n) is 6.14. The first kappa shape index (κ1) is 14.8. The molecule has 2 rings (SSSR count). The molecule has 2 aromatic rings. The Bertz CT molecular complexity index is 616. The van der Waals surface area contributed by atoms with Crippen molar-refractivity contribution in [1.29, 1.82) is 0 Å². The van der Waals surface area contributed by atoms with Gasteiger partial charge < -0.3 is 4.74 Å². The summed E-state index contributed by atoms with van der Waals surface area (Å²) in [6.45, 7) is 1.77. The second-order valence-electron chi connectivity index (χ2n) is 4.12. The molecule has 0 unspecified atom stereocenters. The third kappa shape index (κ3) is 3.68. The molecule has 0 atom stereocenters. The van der Waals surface area contributed by atoms with E-state index in [4.69, 9.17) is 16.3 Å². The van der Waals surface area contributed by atoms with Gasteiger partial charge in [0.1, 0.15) is 5.75 Å². The lowest BCUT2D eigenvalue weighted by atomic mass is 10.1. The van der Waals surface area contributed by atoms with Crippen molar-refractivity contribution in [1.82, 2.24) is 0 Å². The van der Waals surface area contributed by atoms with E-state index in [-0.39, 0.29) is 18.2 Å². The number of ether oxygens (including phenoxy) is 1. The van der Waals surface area contributed by atoms with Gasteiger partial charge >= 0.3 is 0 Å². The molecule has 0 fully saturated rings. The largest absolute Gasteiger partial charge is 0.485 e. The summed E-state index contributed by atoms with van der Waals surface area (Å²) in [6, 6.07) is 10.2. The van der Waals surface area contributed by atoms with E-state index in [9.17, 15) is 9.59 Å². The molecule has 1 heterocycles. The van der Waals surface area contributed by atoms with E-state index in [0.29, 0.717) is 26.9 Å². The Morgan fingerprint density at radius 3 is 2.35 bits per heavy atom. The van der Waals surface area contributed by atoms with Gasteiger partial charge in [-0.3, -0.25) is 9.59 Å². The van der Waals surface area contributed by atoms with Gasteiger partial charge in [0.15, 0.2) is 12.4 Å². The van der Waals surface area contributed by atoms with Gasteiger partial charge in [-0.1, -0.05) is 18.5 Å². The zero-order chi connectivity index (χ0) is 14.5. The van der Waals surface area contributed by atoms with Crippen molar-refractivity contribution in [2.75, 3.05) is 6.61 Å². The van der Waals surface area contributed by atoms with Crippen LogP contribution in [-0.2, 0) is 0 Å². The fraction of sp³-hybridized carbons (Fsp3) is 0.200. The number of halogens is 1. The van der Waals surface area contributed by atoms with E-state index in [2.05, 4.69) is 0 Å². The summed E-state index contributed by atoms with van der Waals surface area (Å²) in [5, 5.41) is 0. The summed E-state index contributed by atoms with van der Waals surface area (Å²) in [6.07, 6.45) is 0.470. The van der Waals surface area contributed by atoms with Crippen molar-refractivity contribution >= 4 is 34.5 Å². The molecule has 0 N–H and O–H groups in total. The standard InChI is InChI=1S/C15H13ClO3S/c1-2-12(17)10-3-5-11(6-4-10)19-9-13(18)14-7-8-15(16)20-14/h3-8H,2,9H2,1H3. The monoisotopic (exact) mass is 308 g/mol. The van der Waals surface area contributed by atoms with Crippen molar-refractivity contribution in [3.8, 4) is 5.75 Å². The Balaban J connectivity index is 1.94. The molecule has 0 spiro atoms. The van der Waals surface area contributed by atoms with Gasteiger partial charge in [-0.2, -0.15) is 0 Å². The average molecular weight is 309 g/mol. The topological polar surface area (TPSA) is 43.4 Å². The molecule has 0 saturated carbocycles. The second kappa shape index (κ2) is 6.68. The maximum atomic E-state index is 11.8. The third-order valence-corrected chi connectivity index (χ3v) is 3.99. The average Bonchev–Trinajstić information content (AvgIpc) is 2.91. The van der Waals surface area contributed by atoms with Crippen LogP contribution in [0.1, 0.15) is 33.4 Å². The van der Waals surface area contributed by atoms with E-state index in [0.717, 1.165) is 0 Å². The predicted molar refractivity (Wildman–Crippen MR) is 80.2 cm³/mol. The van der Waals surface area contributed by atoms with Crippen LogP contribution in [0, 0.1) is 0 Å². The molecule has 5 heteroatoms. The van der Waals surface area contributed by atoms with Gasteiger partial charge in [0.2, 0.25) is 5.78 Å². The maximum absolute atomic E-state index is 11.8. The fourth-order valence-corrected chi connectivity index (χ4v) is 2.59. The predicted octanol–water partition coefficient (Wildman–Crippen LogP) is 4.26. The van der Waals surface area contributed by atoms with E-state index in [1.807, 2.05) is 6.92 Å². The van der Waals surface area contributed by atoms with Crippen LogP contribution < -0.4 is 4.74 Å². The zero-order valence-corrected chi connectivity index (χ0v) is 12.5.